The van der Waals surface area contributed by atoms with E-state index in [2.05, 4.69) is 29.3 Å². The summed E-state index contributed by atoms with van der Waals surface area (Å²) in [6.07, 6.45) is 6.24. The minimum Gasteiger partial charge on any atom is -0.350 e. The number of aromatic nitrogens is 1. The number of nitrogens with one attached hydrogen (secondary N) is 1. The van der Waals surface area contributed by atoms with Crippen molar-refractivity contribution in [3.8, 4) is 0 Å². The van der Waals surface area contributed by atoms with E-state index >= 15 is 0 Å². The highest BCUT2D eigenvalue weighted by atomic mass is 35.5. The maximum atomic E-state index is 12.2. The summed E-state index contributed by atoms with van der Waals surface area (Å²) >= 11 is 6.11. The number of aryl methyl sites for hydroxylation is 1. The van der Waals surface area contributed by atoms with Gasteiger partial charge in [-0.3, -0.25) is 9.78 Å². The highest BCUT2D eigenvalue weighted by Gasteiger charge is 2.36. The molecule has 110 valence electrons. The van der Waals surface area contributed by atoms with Crippen molar-refractivity contribution < 1.29 is 4.79 Å². The molecule has 20 heavy (non-hydrogen) atoms. The van der Waals surface area contributed by atoms with Crippen molar-refractivity contribution in [2.75, 3.05) is 20.6 Å². The maximum absolute atomic E-state index is 12.2. The third kappa shape index (κ3) is 3.13. The summed E-state index contributed by atoms with van der Waals surface area (Å²) < 4.78 is 0. The van der Waals surface area contributed by atoms with Gasteiger partial charge in [0.2, 0.25) is 0 Å². The number of likely N-dealkylation sites (N-methyl/N-ethyl adjacent to an activating group) is 1. The lowest BCUT2D eigenvalue weighted by atomic mass is 9.96. The number of carbonyl (C=O) groups is 1. The fourth-order valence-corrected chi connectivity index (χ4v) is 3.14. The van der Waals surface area contributed by atoms with Crippen LogP contribution >= 0.6 is 11.6 Å². The van der Waals surface area contributed by atoms with Gasteiger partial charge in [0.1, 0.15) is 0 Å². The van der Waals surface area contributed by atoms with E-state index in [0.29, 0.717) is 17.1 Å². The quantitative estimate of drug-likeness (QED) is 0.929. The van der Waals surface area contributed by atoms with Crippen LogP contribution in [0.5, 0.6) is 0 Å². The van der Waals surface area contributed by atoms with Gasteiger partial charge in [0, 0.05) is 24.0 Å². The molecule has 1 aliphatic carbocycles. The Morgan fingerprint density at radius 1 is 1.45 bits per heavy atom. The number of pyridine rings is 1. The van der Waals surface area contributed by atoms with Gasteiger partial charge < -0.3 is 10.2 Å². The summed E-state index contributed by atoms with van der Waals surface area (Å²) in [5.41, 5.74) is 1.34. The molecule has 1 fully saturated rings. The Morgan fingerprint density at radius 2 is 2.10 bits per heavy atom. The Bertz CT molecular complexity index is 496. The Hall–Kier alpha value is -1.13. The number of hydrogen-bond acceptors (Lipinski definition) is 3. The Kier molecular flexibility index (Phi) is 4.66. The first-order valence-electron chi connectivity index (χ1n) is 7.02. The first kappa shape index (κ1) is 15.3. The average molecular weight is 296 g/mol. The highest BCUT2D eigenvalue weighted by Crippen LogP contribution is 2.33. The molecule has 2 rings (SSSR count). The van der Waals surface area contributed by atoms with Gasteiger partial charge in [0.15, 0.2) is 0 Å². The predicted octanol–water partition coefficient (Wildman–Crippen LogP) is 2.65. The van der Waals surface area contributed by atoms with Crippen molar-refractivity contribution in [2.45, 2.75) is 38.1 Å². The molecular weight excluding hydrogens is 274 g/mol. The van der Waals surface area contributed by atoms with E-state index in [1.165, 1.54) is 12.8 Å². The average Bonchev–Trinajstić information content (AvgIpc) is 2.86. The first-order chi connectivity index (χ1) is 9.44. The van der Waals surface area contributed by atoms with Gasteiger partial charge in [-0.25, -0.2) is 0 Å². The van der Waals surface area contributed by atoms with Crippen LogP contribution in [0.3, 0.4) is 0 Å². The molecule has 0 aromatic carbocycles. The van der Waals surface area contributed by atoms with E-state index in [4.69, 9.17) is 11.6 Å². The van der Waals surface area contributed by atoms with E-state index in [1.54, 1.807) is 12.3 Å². The lowest BCUT2D eigenvalue weighted by Crippen LogP contribution is -2.50. The number of halogens is 1. The van der Waals surface area contributed by atoms with E-state index in [-0.39, 0.29) is 11.4 Å². The fraction of sp³-hybridized carbons (Fsp3) is 0.600. The van der Waals surface area contributed by atoms with Crippen LogP contribution in [0.15, 0.2) is 12.3 Å². The van der Waals surface area contributed by atoms with E-state index in [1.807, 2.05) is 6.92 Å². The van der Waals surface area contributed by atoms with Gasteiger partial charge in [-0.15, -0.1) is 0 Å². The largest absolute Gasteiger partial charge is 0.350 e. The van der Waals surface area contributed by atoms with Crippen molar-refractivity contribution in [3.05, 3.63) is 28.5 Å². The predicted molar refractivity (Wildman–Crippen MR) is 81.2 cm³/mol. The monoisotopic (exact) mass is 295 g/mol. The second kappa shape index (κ2) is 6.10. The lowest BCUT2D eigenvalue weighted by molar-refractivity contribution is 0.0900. The first-order valence-corrected chi connectivity index (χ1v) is 7.40. The lowest BCUT2D eigenvalue weighted by Gasteiger charge is -2.36. The number of amides is 1. The number of nitrogens with zero attached hydrogens (tertiary/aromatic N) is 2. The number of rotatable bonds is 4. The second-order valence-corrected chi connectivity index (χ2v) is 6.22. The Morgan fingerprint density at radius 3 is 2.65 bits per heavy atom. The van der Waals surface area contributed by atoms with Gasteiger partial charge in [-0.2, -0.15) is 0 Å². The molecular formula is C15H22ClN3O. The van der Waals surface area contributed by atoms with Crippen molar-refractivity contribution in [1.82, 2.24) is 15.2 Å². The summed E-state index contributed by atoms with van der Waals surface area (Å²) in [4.78, 5) is 18.6. The second-order valence-electron chi connectivity index (χ2n) is 5.81. The summed E-state index contributed by atoms with van der Waals surface area (Å²) in [5.74, 6) is -0.143. The Labute approximate surface area is 125 Å². The molecule has 0 saturated heterocycles. The van der Waals surface area contributed by atoms with Crippen LogP contribution < -0.4 is 5.32 Å². The molecule has 0 bridgehead atoms. The van der Waals surface area contributed by atoms with Gasteiger partial charge >= 0.3 is 0 Å². The third-order valence-corrected chi connectivity index (χ3v) is 4.61. The summed E-state index contributed by atoms with van der Waals surface area (Å²) in [6, 6.07) is 1.72. The van der Waals surface area contributed by atoms with Crippen LogP contribution in [0, 0.1) is 6.92 Å². The molecule has 1 aromatic rings. The SMILES string of the molecule is Cc1cc(Cl)c(C(=O)NCC2(N(C)C)CCCC2)cn1. The minimum atomic E-state index is -0.143. The number of carbonyl (C=O) groups excluding carboxylic acids is 1. The normalized spacial score (nSPS) is 17.4. The molecule has 1 N–H and O–H groups in total. The van der Waals surface area contributed by atoms with Gasteiger partial charge in [0.05, 0.1) is 10.6 Å². The van der Waals surface area contributed by atoms with Crippen molar-refractivity contribution in [2.24, 2.45) is 0 Å². The van der Waals surface area contributed by atoms with E-state index in [0.717, 1.165) is 18.5 Å². The summed E-state index contributed by atoms with van der Waals surface area (Å²) in [5, 5.41) is 3.48. The molecule has 1 aromatic heterocycles. The molecule has 1 amide bonds. The molecule has 0 unspecified atom stereocenters. The molecule has 0 atom stereocenters. The summed E-state index contributed by atoms with van der Waals surface area (Å²) in [7, 11) is 4.16. The smallest absolute Gasteiger partial charge is 0.254 e. The number of hydrogen-bond donors (Lipinski definition) is 1. The topological polar surface area (TPSA) is 45.2 Å². The Balaban J connectivity index is 2.04. The maximum Gasteiger partial charge on any atom is 0.254 e. The van der Waals surface area contributed by atoms with Gasteiger partial charge in [-0.1, -0.05) is 24.4 Å². The molecule has 1 saturated carbocycles. The van der Waals surface area contributed by atoms with Crippen molar-refractivity contribution in [1.29, 1.82) is 0 Å². The molecule has 0 radical (unpaired) electrons. The summed E-state index contributed by atoms with van der Waals surface area (Å²) in [6.45, 7) is 2.51. The van der Waals surface area contributed by atoms with Crippen LogP contribution in [-0.4, -0.2) is 42.0 Å². The van der Waals surface area contributed by atoms with Gasteiger partial charge in [0.25, 0.3) is 5.91 Å². The van der Waals surface area contributed by atoms with Crippen LogP contribution in [0.25, 0.3) is 0 Å². The standard InChI is InChI=1S/C15H22ClN3O/c1-11-8-13(16)12(9-17-11)14(20)18-10-15(19(2)3)6-4-5-7-15/h8-9H,4-7,10H2,1-3H3,(H,18,20). The van der Waals surface area contributed by atoms with E-state index in [9.17, 15) is 4.79 Å². The molecule has 4 nitrogen and oxygen atoms in total. The van der Waals surface area contributed by atoms with Crippen LogP contribution in [-0.2, 0) is 0 Å². The van der Waals surface area contributed by atoms with Gasteiger partial charge in [-0.05, 0) is 39.9 Å². The minimum absolute atomic E-state index is 0.0836. The molecule has 1 aliphatic rings. The van der Waals surface area contributed by atoms with Crippen LogP contribution in [0.4, 0.5) is 0 Å². The van der Waals surface area contributed by atoms with Crippen molar-refractivity contribution >= 4 is 17.5 Å². The third-order valence-electron chi connectivity index (χ3n) is 4.30. The zero-order chi connectivity index (χ0) is 14.8. The molecule has 5 heteroatoms. The van der Waals surface area contributed by atoms with E-state index < -0.39 is 0 Å². The van der Waals surface area contributed by atoms with Crippen LogP contribution in [0.1, 0.15) is 41.7 Å². The zero-order valence-electron chi connectivity index (χ0n) is 12.4. The molecule has 0 aliphatic heterocycles. The zero-order valence-corrected chi connectivity index (χ0v) is 13.1. The fourth-order valence-electron chi connectivity index (χ4n) is 2.85. The highest BCUT2D eigenvalue weighted by molar-refractivity contribution is 6.33. The van der Waals surface area contributed by atoms with Crippen molar-refractivity contribution in [3.63, 3.8) is 0 Å². The van der Waals surface area contributed by atoms with Crippen LogP contribution in [0.2, 0.25) is 5.02 Å². The molecule has 1 heterocycles. The molecule has 0 spiro atoms.